The van der Waals surface area contributed by atoms with Gasteiger partial charge in [0, 0.05) is 12.5 Å². The smallest absolute Gasteiger partial charge is 0.426 e. The van der Waals surface area contributed by atoms with E-state index >= 15 is 0 Å². The largest absolute Gasteiger partial charge is 0.475 e. The fourth-order valence-corrected chi connectivity index (χ4v) is 2.96. The summed E-state index contributed by atoms with van der Waals surface area (Å²) in [6, 6.07) is 5.98. The summed E-state index contributed by atoms with van der Waals surface area (Å²) in [5.41, 5.74) is 3.28. The third kappa shape index (κ3) is 6.62. The Bertz CT molecular complexity index is 721. The van der Waals surface area contributed by atoms with Crippen LogP contribution in [0, 0.1) is 13.8 Å². The van der Waals surface area contributed by atoms with Crippen LogP contribution < -0.4 is 5.32 Å². The second-order valence-electron chi connectivity index (χ2n) is 6.02. The molecule has 9 heteroatoms. The fourth-order valence-electron chi connectivity index (χ4n) is 2.40. The predicted octanol–water partition coefficient (Wildman–Crippen LogP) is 0.138. The maximum Gasteiger partial charge on any atom is 0.475 e. The van der Waals surface area contributed by atoms with Crippen molar-refractivity contribution in [3.63, 3.8) is 0 Å². The van der Waals surface area contributed by atoms with E-state index in [1.165, 1.54) is 7.05 Å². The molecule has 0 aliphatic carbocycles. The second-order valence-corrected chi connectivity index (χ2v) is 8.01. The zero-order valence-corrected chi connectivity index (χ0v) is 15.6. The lowest BCUT2D eigenvalue weighted by molar-refractivity contribution is -0.121. The van der Waals surface area contributed by atoms with E-state index in [9.17, 15) is 23.3 Å². The van der Waals surface area contributed by atoms with Gasteiger partial charge >= 0.3 is 7.12 Å². The molecular weight excluding hydrogens is 343 g/mol. The molecule has 1 aromatic carbocycles. The fraction of sp³-hybridized carbons (Fsp3) is 0.438. The Labute approximate surface area is 149 Å². The van der Waals surface area contributed by atoms with Crippen LogP contribution in [0.2, 0.25) is 0 Å². The van der Waals surface area contributed by atoms with E-state index in [4.69, 9.17) is 0 Å². The minimum absolute atomic E-state index is 0.311. The van der Waals surface area contributed by atoms with Crippen LogP contribution in [-0.2, 0) is 21.2 Å². The van der Waals surface area contributed by atoms with Gasteiger partial charge in [-0.05, 0) is 37.8 Å². The number of rotatable bonds is 9. The van der Waals surface area contributed by atoms with Crippen LogP contribution in [0.5, 0.6) is 0 Å². The molecule has 1 amide bonds. The monoisotopic (exact) mass is 368 g/mol. The highest BCUT2D eigenvalue weighted by Gasteiger charge is 2.26. The highest BCUT2D eigenvalue weighted by molar-refractivity contribution is 7.92. The maximum atomic E-state index is 12.0. The van der Waals surface area contributed by atoms with Gasteiger partial charge in [-0.1, -0.05) is 30.3 Å². The maximum absolute atomic E-state index is 12.0. The van der Waals surface area contributed by atoms with E-state index in [0.29, 0.717) is 12.8 Å². The molecule has 1 atom stereocenters. The molecule has 3 N–H and O–H groups in total. The van der Waals surface area contributed by atoms with Crippen LogP contribution in [0.4, 0.5) is 0 Å². The van der Waals surface area contributed by atoms with Crippen molar-refractivity contribution >= 4 is 23.0 Å². The van der Waals surface area contributed by atoms with Crippen molar-refractivity contribution in [1.82, 2.24) is 9.62 Å². The molecule has 0 aliphatic heterocycles. The van der Waals surface area contributed by atoms with Crippen molar-refractivity contribution in [1.29, 1.82) is 0 Å². The lowest BCUT2D eigenvalue weighted by Gasteiger charge is -2.20. The van der Waals surface area contributed by atoms with Gasteiger partial charge in [-0.2, -0.15) is 4.31 Å². The Hall–Kier alpha value is -1.68. The molecule has 0 unspecified atom stereocenters. The summed E-state index contributed by atoms with van der Waals surface area (Å²) in [7, 11) is -4.20. The lowest BCUT2D eigenvalue weighted by atomic mass is 9.76. The Kier molecular flexibility index (Phi) is 7.81. The van der Waals surface area contributed by atoms with Crippen LogP contribution in [0.1, 0.15) is 23.1 Å². The van der Waals surface area contributed by atoms with E-state index in [0.717, 1.165) is 26.4 Å². The van der Waals surface area contributed by atoms with E-state index in [1.54, 1.807) is 0 Å². The summed E-state index contributed by atoms with van der Waals surface area (Å²) in [6.07, 6.45) is 0.862. The molecule has 7 nitrogen and oxygen atoms in total. The number of hydrogen-bond acceptors (Lipinski definition) is 5. The molecule has 1 aromatic rings. The van der Waals surface area contributed by atoms with Crippen molar-refractivity contribution in [2.75, 3.05) is 13.6 Å². The van der Waals surface area contributed by atoms with Gasteiger partial charge in [0.05, 0.1) is 12.5 Å². The van der Waals surface area contributed by atoms with Crippen LogP contribution in [0.25, 0.3) is 0 Å². The predicted molar refractivity (Wildman–Crippen MR) is 98.1 cm³/mol. The molecule has 0 spiro atoms. The summed E-state index contributed by atoms with van der Waals surface area (Å²) in [6.45, 7) is 6.72. The van der Waals surface area contributed by atoms with Crippen molar-refractivity contribution in [3.8, 4) is 0 Å². The Balaban J connectivity index is 2.68. The standard InChI is InChI=1S/C16H25BN2O5S/c1-5-25(23,24)19(4)11-16(20)18-15(17(21)22)9-8-14-7-6-12(2)10-13(14)3/h5-7,10,15,21-22H,1,8-9,11H2,2-4H3,(H,18,20)/t15-/m0/s1. The summed E-state index contributed by atoms with van der Waals surface area (Å²) >= 11 is 0. The molecule has 0 aromatic heterocycles. The van der Waals surface area contributed by atoms with Gasteiger partial charge in [-0.15, -0.1) is 0 Å². The van der Waals surface area contributed by atoms with Crippen molar-refractivity contribution in [2.24, 2.45) is 0 Å². The van der Waals surface area contributed by atoms with Crippen molar-refractivity contribution in [3.05, 3.63) is 46.9 Å². The Morgan fingerprint density at radius 3 is 2.56 bits per heavy atom. The molecule has 1 rings (SSSR count). The van der Waals surface area contributed by atoms with Crippen LogP contribution >= 0.6 is 0 Å². The van der Waals surface area contributed by atoms with E-state index in [-0.39, 0.29) is 0 Å². The number of likely N-dealkylation sites (N-methyl/N-ethyl adjacent to an activating group) is 1. The van der Waals surface area contributed by atoms with Gasteiger partial charge in [-0.3, -0.25) is 4.79 Å². The molecule has 0 saturated heterocycles. The number of carbonyl (C=O) groups is 1. The quantitative estimate of drug-likeness (QED) is 0.538. The second kappa shape index (κ2) is 9.14. The van der Waals surface area contributed by atoms with E-state index < -0.39 is 35.5 Å². The highest BCUT2D eigenvalue weighted by atomic mass is 32.2. The molecule has 0 saturated carbocycles. The van der Waals surface area contributed by atoms with Gasteiger partial charge in [-0.25, -0.2) is 8.42 Å². The zero-order valence-electron chi connectivity index (χ0n) is 14.8. The first-order valence-electron chi connectivity index (χ1n) is 7.87. The number of carbonyl (C=O) groups excluding carboxylic acids is 1. The molecule has 0 bridgehead atoms. The average molecular weight is 368 g/mol. The van der Waals surface area contributed by atoms with Crippen LogP contribution in [0.3, 0.4) is 0 Å². The molecule has 0 radical (unpaired) electrons. The van der Waals surface area contributed by atoms with Gasteiger partial charge < -0.3 is 15.4 Å². The minimum atomic E-state index is -3.70. The summed E-state index contributed by atoms with van der Waals surface area (Å²) in [4.78, 5) is 12.0. The third-order valence-electron chi connectivity index (χ3n) is 3.94. The number of amides is 1. The highest BCUT2D eigenvalue weighted by Crippen LogP contribution is 2.14. The minimum Gasteiger partial charge on any atom is -0.426 e. The van der Waals surface area contributed by atoms with Gasteiger partial charge in [0.2, 0.25) is 15.9 Å². The van der Waals surface area contributed by atoms with Crippen LogP contribution in [0.15, 0.2) is 30.2 Å². The lowest BCUT2D eigenvalue weighted by Crippen LogP contribution is -2.49. The SMILES string of the molecule is C=CS(=O)(=O)N(C)CC(=O)N[C@@H](CCc1ccc(C)cc1C)B(O)O. The molecule has 25 heavy (non-hydrogen) atoms. The number of nitrogens with zero attached hydrogens (tertiary/aromatic N) is 1. The number of hydrogen-bond donors (Lipinski definition) is 3. The first-order chi connectivity index (χ1) is 11.6. The van der Waals surface area contributed by atoms with E-state index in [2.05, 4.69) is 11.9 Å². The Morgan fingerprint density at radius 1 is 1.40 bits per heavy atom. The molecule has 0 aliphatic rings. The summed E-state index contributed by atoms with van der Waals surface area (Å²) < 4.78 is 24.0. The van der Waals surface area contributed by atoms with E-state index in [1.807, 2.05) is 32.0 Å². The number of benzene rings is 1. The zero-order chi connectivity index (χ0) is 19.2. The van der Waals surface area contributed by atoms with Gasteiger partial charge in [0.25, 0.3) is 0 Å². The summed E-state index contributed by atoms with van der Waals surface area (Å²) in [5, 5.41) is 22.2. The number of nitrogens with one attached hydrogen (secondary N) is 1. The average Bonchev–Trinajstić information content (AvgIpc) is 2.52. The third-order valence-corrected chi connectivity index (χ3v) is 5.36. The van der Waals surface area contributed by atoms with Crippen molar-refractivity contribution < 1.29 is 23.3 Å². The molecular formula is C16H25BN2O5S. The molecule has 0 heterocycles. The molecule has 138 valence electrons. The first-order valence-corrected chi connectivity index (χ1v) is 9.37. The topological polar surface area (TPSA) is 107 Å². The van der Waals surface area contributed by atoms with Gasteiger partial charge in [0.1, 0.15) is 0 Å². The summed E-state index contributed by atoms with van der Waals surface area (Å²) in [5.74, 6) is -1.51. The molecule has 0 fully saturated rings. The number of sulfonamides is 1. The van der Waals surface area contributed by atoms with Gasteiger partial charge in [0.15, 0.2) is 0 Å². The van der Waals surface area contributed by atoms with Crippen LogP contribution in [-0.4, -0.2) is 55.3 Å². The number of aryl methyl sites for hydroxylation is 3. The van der Waals surface area contributed by atoms with Crippen molar-refractivity contribution in [2.45, 2.75) is 32.6 Å². The first kappa shape index (κ1) is 21.4. The normalized spacial score (nSPS) is 12.7. The Morgan fingerprint density at radius 2 is 2.04 bits per heavy atom.